The maximum absolute atomic E-state index is 5.48. The number of morpholine rings is 1. The topological polar surface area (TPSA) is 40.1 Å². The van der Waals surface area contributed by atoms with Gasteiger partial charge in [0.05, 0.1) is 13.2 Å². The smallest absolute Gasteiger partial charge is 0.193 e. The van der Waals surface area contributed by atoms with Gasteiger partial charge in [0.2, 0.25) is 0 Å². The SMILES string of the molecule is CN=C(NCc1ccccc1N1CCOCC1)N1CCC(C)(C)C1.I. The summed E-state index contributed by atoms with van der Waals surface area (Å²) in [5.41, 5.74) is 3.01. The van der Waals surface area contributed by atoms with Gasteiger partial charge in [0, 0.05) is 45.5 Å². The molecule has 0 atom stereocenters. The molecule has 0 saturated carbocycles. The highest BCUT2D eigenvalue weighted by Crippen LogP contribution is 2.29. The summed E-state index contributed by atoms with van der Waals surface area (Å²) >= 11 is 0. The molecule has 3 rings (SSSR count). The predicted molar refractivity (Wildman–Crippen MR) is 115 cm³/mol. The van der Waals surface area contributed by atoms with Crippen LogP contribution in [0.3, 0.4) is 0 Å². The van der Waals surface area contributed by atoms with Crippen LogP contribution in [0.25, 0.3) is 0 Å². The van der Waals surface area contributed by atoms with Crippen LogP contribution in [0, 0.1) is 5.41 Å². The van der Waals surface area contributed by atoms with E-state index in [9.17, 15) is 0 Å². The summed E-state index contributed by atoms with van der Waals surface area (Å²) < 4.78 is 5.48. The van der Waals surface area contributed by atoms with E-state index in [1.807, 2.05) is 7.05 Å². The number of anilines is 1. The molecular weight excluding hydrogens is 427 g/mol. The summed E-state index contributed by atoms with van der Waals surface area (Å²) in [5.74, 6) is 1.01. The van der Waals surface area contributed by atoms with Crippen LogP contribution in [-0.4, -0.2) is 57.3 Å². The van der Waals surface area contributed by atoms with Crippen LogP contribution in [-0.2, 0) is 11.3 Å². The van der Waals surface area contributed by atoms with Crippen molar-refractivity contribution >= 4 is 35.6 Å². The number of aliphatic imine (C=N–C) groups is 1. The fraction of sp³-hybridized carbons (Fsp3) is 0.632. The second-order valence-corrected chi connectivity index (χ2v) is 7.46. The lowest BCUT2D eigenvalue weighted by Crippen LogP contribution is -2.41. The molecule has 0 spiro atoms. The standard InChI is InChI=1S/C19H30N4O.HI/c1-19(2)8-9-23(15-19)18(20-3)21-14-16-6-4-5-7-17(16)22-10-12-24-13-11-22;/h4-7H,8-15H2,1-3H3,(H,20,21);1H. The third-order valence-corrected chi connectivity index (χ3v) is 4.97. The van der Waals surface area contributed by atoms with Crippen LogP contribution in [0.1, 0.15) is 25.8 Å². The number of guanidine groups is 1. The monoisotopic (exact) mass is 458 g/mol. The highest BCUT2D eigenvalue weighted by molar-refractivity contribution is 14.0. The van der Waals surface area contributed by atoms with Crippen LogP contribution in [0.5, 0.6) is 0 Å². The largest absolute Gasteiger partial charge is 0.378 e. The molecule has 0 radical (unpaired) electrons. The maximum atomic E-state index is 5.48. The molecule has 2 aliphatic rings. The van der Waals surface area contributed by atoms with Crippen molar-refractivity contribution in [2.24, 2.45) is 10.4 Å². The van der Waals surface area contributed by atoms with Crippen molar-refractivity contribution < 1.29 is 4.74 Å². The number of hydrogen-bond donors (Lipinski definition) is 1. The first-order valence-electron chi connectivity index (χ1n) is 8.95. The fourth-order valence-electron chi connectivity index (χ4n) is 3.57. The minimum Gasteiger partial charge on any atom is -0.378 e. The Morgan fingerprint density at radius 2 is 1.92 bits per heavy atom. The molecule has 0 aromatic heterocycles. The number of ether oxygens (including phenoxy) is 1. The number of para-hydroxylation sites is 1. The summed E-state index contributed by atoms with van der Waals surface area (Å²) in [4.78, 5) is 9.28. The average Bonchev–Trinajstić information content (AvgIpc) is 2.96. The Kier molecular flexibility index (Phi) is 7.37. The second-order valence-electron chi connectivity index (χ2n) is 7.46. The van der Waals surface area contributed by atoms with Crippen LogP contribution in [0.15, 0.2) is 29.3 Å². The molecule has 0 amide bonds. The average molecular weight is 458 g/mol. The lowest BCUT2D eigenvalue weighted by atomic mass is 9.93. The first kappa shape index (κ1) is 20.3. The van der Waals surface area contributed by atoms with Gasteiger partial charge < -0.3 is 19.9 Å². The van der Waals surface area contributed by atoms with E-state index in [1.165, 1.54) is 17.7 Å². The quantitative estimate of drug-likeness (QED) is 0.430. The number of benzene rings is 1. The maximum Gasteiger partial charge on any atom is 0.193 e. The Morgan fingerprint density at radius 1 is 1.20 bits per heavy atom. The molecule has 2 heterocycles. The molecule has 0 unspecified atom stereocenters. The van der Waals surface area contributed by atoms with E-state index in [0.717, 1.165) is 51.9 Å². The zero-order chi connectivity index (χ0) is 17.0. The lowest BCUT2D eigenvalue weighted by molar-refractivity contribution is 0.122. The van der Waals surface area contributed by atoms with E-state index in [1.54, 1.807) is 0 Å². The first-order chi connectivity index (χ1) is 11.6. The lowest BCUT2D eigenvalue weighted by Gasteiger charge is -2.31. The predicted octanol–water partition coefficient (Wildman–Crippen LogP) is 2.95. The van der Waals surface area contributed by atoms with Gasteiger partial charge in [0.25, 0.3) is 0 Å². The van der Waals surface area contributed by atoms with Crippen molar-refractivity contribution in [3.63, 3.8) is 0 Å². The Labute approximate surface area is 168 Å². The number of likely N-dealkylation sites (tertiary alicyclic amines) is 1. The van der Waals surface area contributed by atoms with Gasteiger partial charge in [0.15, 0.2) is 5.96 Å². The Balaban J connectivity index is 0.00000225. The van der Waals surface area contributed by atoms with E-state index in [-0.39, 0.29) is 24.0 Å². The summed E-state index contributed by atoms with van der Waals surface area (Å²) in [6, 6.07) is 8.65. The Morgan fingerprint density at radius 3 is 2.56 bits per heavy atom. The van der Waals surface area contributed by atoms with Gasteiger partial charge in [0.1, 0.15) is 0 Å². The van der Waals surface area contributed by atoms with E-state index in [4.69, 9.17) is 4.74 Å². The van der Waals surface area contributed by atoms with Gasteiger partial charge in [-0.2, -0.15) is 0 Å². The van der Waals surface area contributed by atoms with Crippen molar-refractivity contribution in [1.29, 1.82) is 0 Å². The molecule has 0 bridgehead atoms. The minimum atomic E-state index is 0. The van der Waals surface area contributed by atoms with Gasteiger partial charge in [-0.3, -0.25) is 4.99 Å². The molecule has 1 aromatic rings. The number of nitrogens with one attached hydrogen (secondary N) is 1. The summed E-state index contributed by atoms with van der Waals surface area (Å²) in [7, 11) is 1.88. The van der Waals surface area contributed by atoms with Gasteiger partial charge in [-0.1, -0.05) is 32.0 Å². The number of rotatable bonds is 3. The van der Waals surface area contributed by atoms with Crippen molar-refractivity contribution in [3.8, 4) is 0 Å². The summed E-state index contributed by atoms with van der Waals surface area (Å²) in [5, 5.41) is 3.56. The number of hydrogen-bond acceptors (Lipinski definition) is 3. The van der Waals surface area contributed by atoms with Crippen LogP contribution in [0.4, 0.5) is 5.69 Å². The van der Waals surface area contributed by atoms with Crippen LogP contribution >= 0.6 is 24.0 Å². The molecule has 5 nitrogen and oxygen atoms in total. The second kappa shape index (κ2) is 9.07. The molecule has 6 heteroatoms. The number of nitrogens with zero attached hydrogens (tertiary/aromatic N) is 3. The normalized spacial score (nSPS) is 20.4. The fourth-order valence-corrected chi connectivity index (χ4v) is 3.57. The molecule has 0 aliphatic carbocycles. The minimum absolute atomic E-state index is 0. The van der Waals surface area contributed by atoms with Crippen LogP contribution in [0.2, 0.25) is 0 Å². The molecule has 1 N–H and O–H groups in total. The third kappa shape index (κ3) is 5.23. The molecule has 140 valence electrons. The van der Waals surface area contributed by atoms with E-state index in [0.29, 0.717) is 5.41 Å². The van der Waals surface area contributed by atoms with Crippen molar-refractivity contribution in [3.05, 3.63) is 29.8 Å². The molecule has 2 fully saturated rings. The molecule has 2 aliphatic heterocycles. The van der Waals surface area contributed by atoms with Crippen molar-refractivity contribution in [2.45, 2.75) is 26.8 Å². The van der Waals surface area contributed by atoms with Gasteiger partial charge in [-0.05, 0) is 23.5 Å². The van der Waals surface area contributed by atoms with E-state index >= 15 is 0 Å². The summed E-state index contributed by atoms with van der Waals surface area (Å²) in [6.45, 7) is 11.2. The molecular formula is C19H31IN4O. The van der Waals surface area contributed by atoms with Gasteiger partial charge in [-0.25, -0.2) is 0 Å². The Hall–Kier alpha value is -1.02. The van der Waals surface area contributed by atoms with E-state index < -0.39 is 0 Å². The molecule has 25 heavy (non-hydrogen) atoms. The van der Waals surface area contributed by atoms with Crippen LogP contribution < -0.4 is 10.2 Å². The number of halogens is 1. The van der Waals surface area contributed by atoms with Gasteiger partial charge >= 0.3 is 0 Å². The van der Waals surface area contributed by atoms with Crippen molar-refractivity contribution in [2.75, 3.05) is 51.3 Å². The highest BCUT2D eigenvalue weighted by Gasteiger charge is 2.30. The molecule has 1 aromatic carbocycles. The van der Waals surface area contributed by atoms with E-state index in [2.05, 4.69) is 58.2 Å². The zero-order valence-corrected chi connectivity index (χ0v) is 18.0. The van der Waals surface area contributed by atoms with Gasteiger partial charge in [-0.15, -0.1) is 24.0 Å². The Bertz CT molecular complexity index is 585. The van der Waals surface area contributed by atoms with Crippen molar-refractivity contribution in [1.82, 2.24) is 10.2 Å². The first-order valence-corrected chi connectivity index (χ1v) is 8.95. The highest BCUT2D eigenvalue weighted by atomic mass is 127. The third-order valence-electron chi connectivity index (χ3n) is 4.97. The summed E-state index contributed by atoms with van der Waals surface area (Å²) in [6.07, 6.45) is 1.22. The molecule has 2 saturated heterocycles. The zero-order valence-electron chi connectivity index (χ0n) is 15.6.